The Balaban J connectivity index is 1.56. The molecular weight excluding hydrogens is 376 g/mol. The Labute approximate surface area is 136 Å². The molecule has 21 heavy (non-hydrogen) atoms. The van der Waals surface area contributed by atoms with Crippen LogP contribution in [0.3, 0.4) is 0 Å². The van der Waals surface area contributed by atoms with E-state index in [0.29, 0.717) is 30.1 Å². The van der Waals surface area contributed by atoms with Gasteiger partial charge in [-0.1, -0.05) is 0 Å². The van der Waals surface area contributed by atoms with Gasteiger partial charge in [0, 0.05) is 25.0 Å². The maximum Gasteiger partial charge on any atom is 0.250 e. The largest absolute Gasteiger partial charge is 0.342 e. The minimum absolute atomic E-state index is 0.0841. The van der Waals surface area contributed by atoms with Crippen LogP contribution in [0.25, 0.3) is 0 Å². The molecule has 8 heteroatoms. The fourth-order valence-corrected chi connectivity index (χ4v) is 5.86. The molecular formula is C13H17BrN2O3S2. The molecule has 1 aliphatic heterocycles. The van der Waals surface area contributed by atoms with Gasteiger partial charge in [0.15, 0.2) is 0 Å². The lowest BCUT2D eigenvalue weighted by molar-refractivity contribution is -0.133. The van der Waals surface area contributed by atoms with E-state index in [-0.39, 0.29) is 17.9 Å². The summed E-state index contributed by atoms with van der Waals surface area (Å²) in [5, 5.41) is 0. The molecule has 1 aromatic rings. The highest BCUT2D eigenvalue weighted by molar-refractivity contribution is 9.11. The zero-order valence-electron chi connectivity index (χ0n) is 11.4. The minimum atomic E-state index is -3.45. The van der Waals surface area contributed by atoms with Crippen LogP contribution >= 0.6 is 27.3 Å². The lowest BCUT2D eigenvalue weighted by Gasteiger charge is -2.32. The number of hydrogen-bond donors (Lipinski definition) is 1. The molecule has 1 amide bonds. The molecule has 1 saturated heterocycles. The molecule has 1 N–H and O–H groups in total. The van der Waals surface area contributed by atoms with E-state index in [1.165, 1.54) is 11.3 Å². The van der Waals surface area contributed by atoms with Gasteiger partial charge >= 0.3 is 0 Å². The van der Waals surface area contributed by atoms with Gasteiger partial charge in [-0.15, -0.1) is 11.3 Å². The van der Waals surface area contributed by atoms with Gasteiger partial charge in [0.2, 0.25) is 15.9 Å². The van der Waals surface area contributed by atoms with Crippen molar-refractivity contribution >= 4 is 43.2 Å². The zero-order valence-corrected chi connectivity index (χ0v) is 14.6. The van der Waals surface area contributed by atoms with Gasteiger partial charge in [0.25, 0.3) is 0 Å². The molecule has 3 rings (SSSR count). The minimum Gasteiger partial charge on any atom is -0.342 e. The third kappa shape index (κ3) is 3.67. The summed E-state index contributed by atoms with van der Waals surface area (Å²) in [6.07, 6.45) is 3.39. The summed E-state index contributed by atoms with van der Waals surface area (Å²) in [5.74, 6) is 0.486. The number of rotatable bonds is 4. The number of nitrogens with zero attached hydrogens (tertiary/aromatic N) is 1. The maximum absolute atomic E-state index is 12.2. The van der Waals surface area contributed by atoms with Crippen LogP contribution in [-0.4, -0.2) is 38.4 Å². The van der Waals surface area contributed by atoms with Crippen LogP contribution in [0.4, 0.5) is 0 Å². The fraction of sp³-hybridized carbons (Fsp3) is 0.615. The Morgan fingerprint density at radius 1 is 1.24 bits per heavy atom. The highest BCUT2D eigenvalue weighted by Crippen LogP contribution is 2.32. The van der Waals surface area contributed by atoms with E-state index in [9.17, 15) is 13.2 Å². The maximum atomic E-state index is 12.2. The first-order valence-electron chi connectivity index (χ1n) is 7.02. The summed E-state index contributed by atoms with van der Waals surface area (Å²) in [5.41, 5.74) is 0. The normalized spacial score (nSPS) is 20.7. The molecule has 1 aromatic heterocycles. The van der Waals surface area contributed by atoms with Gasteiger partial charge in [-0.05, 0) is 53.7 Å². The van der Waals surface area contributed by atoms with Crippen LogP contribution in [0.1, 0.15) is 25.7 Å². The number of amides is 1. The summed E-state index contributed by atoms with van der Waals surface area (Å²) in [4.78, 5) is 13.8. The van der Waals surface area contributed by atoms with Crippen molar-refractivity contribution in [2.24, 2.45) is 5.92 Å². The molecule has 1 aliphatic carbocycles. The van der Waals surface area contributed by atoms with Crippen molar-refractivity contribution < 1.29 is 13.2 Å². The third-order valence-corrected chi connectivity index (χ3v) is 7.50. The standard InChI is InChI=1S/C13H17BrN2O3S2/c14-11-3-4-12(20-11)21(18,19)15-10-5-7-16(8-6-10)13(17)9-1-2-9/h3-4,9-10,15H,1-2,5-8H2. The van der Waals surface area contributed by atoms with E-state index in [2.05, 4.69) is 20.7 Å². The van der Waals surface area contributed by atoms with Crippen LogP contribution < -0.4 is 4.72 Å². The molecule has 5 nitrogen and oxygen atoms in total. The Bertz CT molecular complexity index is 632. The van der Waals surface area contributed by atoms with Gasteiger partial charge in [-0.3, -0.25) is 4.79 Å². The van der Waals surface area contributed by atoms with Crippen molar-refractivity contribution in [1.82, 2.24) is 9.62 Å². The van der Waals surface area contributed by atoms with Crippen LogP contribution in [0.15, 0.2) is 20.1 Å². The number of carbonyl (C=O) groups is 1. The van der Waals surface area contributed by atoms with E-state index >= 15 is 0 Å². The molecule has 0 aromatic carbocycles. The molecule has 2 heterocycles. The van der Waals surface area contributed by atoms with Gasteiger partial charge in [-0.2, -0.15) is 0 Å². The summed E-state index contributed by atoms with van der Waals surface area (Å²) in [7, 11) is -3.45. The monoisotopic (exact) mass is 392 g/mol. The highest BCUT2D eigenvalue weighted by atomic mass is 79.9. The van der Waals surface area contributed by atoms with E-state index in [4.69, 9.17) is 0 Å². The predicted molar refractivity (Wildman–Crippen MR) is 84.7 cm³/mol. The number of piperidine rings is 1. The van der Waals surface area contributed by atoms with E-state index in [1.807, 2.05) is 4.90 Å². The Kier molecular flexibility index (Phi) is 4.40. The molecule has 0 unspecified atom stereocenters. The molecule has 2 aliphatic rings. The SMILES string of the molecule is O=C(C1CC1)N1CCC(NS(=O)(=O)c2ccc(Br)s2)CC1. The van der Waals surface area contributed by atoms with Crippen LogP contribution in [0.5, 0.6) is 0 Å². The first kappa shape index (κ1) is 15.5. The van der Waals surface area contributed by atoms with Crippen molar-refractivity contribution in [2.75, 3.05) is 13.1 Å². The molecule has 1 saturated carbocycles. The Morgan fingerprint density at radius 2 is 1.90 bits per heavy atom. The molecule has 0 atom stereocenters. The second-order valence-corrected chi connectivity index (χ2v) is 9.96. The first-order chi connectivity index (χ1) is 9.95. The highest BCUT2D eigenvalue weighted by Gasteiger charge is 2.35. The topological polar surface area (TPSA) is 66.5 Å². The van der Waals surface area contributed by atoms with Crippen molar-refractivity contribution in [3.05, 3.63) is 15.9 Å². The van der Waals surface area contributed by atoms with Crippen LogP contribution in [-0.2, 0) is 14.8 Å². The number of halogens is 1. The van der Waals surface area contributed by atoms with Gasteiger partial charge in [0.05, 0.1) is 3.79 Å². The second kappa shape index (κ2) is 5.98. The number of thiophene rings is 1. The second-order valence-electron chi connectivity index (χ2n) is 5.55. The number of nitrogens with one attached hydrogen (secondary N) is 1. The summed E-state index contributed by atoms with van der Waals surface area (Å²) < 4.78 is 28.4. The number of sulfonamides is 1. The summed E-state index contributed by atoms with van der Waals surface area (Å²) in [6, 6.07) is 3.25. The van der Waals surface area contributed by atoms with E-state index in [1.54, 1.807) is 12.1 Å². The molecule has 0 spiro atoms. The van der Waals surface area contributed by atoms with Crippen LogP contribution in [0.2, 0.25) is 0 Å². The van der Waals surface area contributed by atoms with Gasteiger partial charge in [0.1, 0.15) is 4.21 Å². The van der Waals surface area contributed by atoms with Crippen molar-refractivity contribution in [3.63, 3.8) is 0 Å². The van der Waals surface area contributed by atoms with E-state index in [0.717, 1.165) is 16.6 Å². The number of carbonyl (C=O) groups excluding carboxylic acids is 1. The van der Waals surface area contributed by atoms with E-state index < -0.39 is 10.0 Å². The summed E-state index contributed by atoms with van der Waals surface area (Å²) >= 11 is 4.48. The zero-order chi connectivity index (χ0) is 15.0. The lowest BCUT2D eigenvalue weighted by Crippen LogP contribution is -2.46. The Hall–Kier alpha value is -0.440. The van der Waals surface area contributed by atoms with Crippen molar-refractivity contribution in [2.45, 2.75) is 35.9 Å². The van der Waals surface area contributed by atoms with Crippen LogP contribution in [0, 0.1) is 5.92 Å². The molecule has 0 bridgehead atoms. The Morgan fingerprint density at radius 3 is 2.43 bits per heavy atom. The van der Waals surface area contributed by atoms with Gasteiger partial charge < -0.3 is 4.90 Å². The molecule has 0 radical (unpaired) electrons. The molecule has 2 fully saturated rings. The van der Waals surface area contributed by atoms with Crippen molar-refractivity contribution in [1.29, 1.82) is 0 Å². The number of likely N-dealkylation sites (tertiary alicyclic amines) is 1. The number of hydrogen-bond acceptors (Lipinski definition) is 4. The first-order valence-corrected chi connectivity index (χ1v) is 10.1. The predicted octanol–water partition coefficient (Wildman–Crippen LogP) is 2.19. The fourth-order valence-electron chi connectivity index (χ4n) is 2.53. The molecule has 116 valence electrons. The third-order valence-electron chi connectivity index (χ3n) is 3.87. The lowest BCUT2D eigenvalue weighted by atomic mass is 10.1. The van der Waals surface area contributed by atoms with Crippen molar-refractivity contribution in [3.8, 4) is 0 Å². The van der Waals surface area contributed by atoms with Gasteiger partial charge in [-0.25, -0.2) is 13.1 Å². The summed E-state index contributed by atoms with van der Waals surface area (Å²) in [6.45, 7) is 1.30. The smallest absolute Gasteiger partial charge is 0.250 e. The average molecular weight is 393 g/mol. The quantitative estimate of drug-likeness (QED) is 0.853. The average Bonchev–Trinajstić information content (AvgIpc) is 3.20.